The molecule has 0 bridgehead atoms. The summed E-state index contributed by atoms with van der Waals surface area (Å²) >= 11 is 7.67. The van der Waals surface area contributed by atoms with Crippen LogP contribution in [0.15, 0.2) is 52.4 Å². The highest BCUT2D eigenvalue weighted by molar-refractivity contribution is 7.99. The molecule has 0 amide bonds. The van der Waals surface area contributed by atoms with Crippen molar-refractivity contribution in [1.29, 1.82) is 0 Å². The molecule has 3 aromatic rings. The van der Waals surface area contributed by atoms with Crippen molar-refractivity contribution in [3.8, 4) is 5.75 Å². The molecule has 7 heteroatoms. The van der Waals surface area contributed by atoms with E-state index < -0.39 is 0 Å². The van der Waals surface area contributed by atoms with Crippen LogP contribution >= 0.6 is 23.4 Å². The van der Waals surface area contributed by atoms with Gasteiger partial charge in [0.15, 0.2) is 5.16 Å². The van der Waals surface area contributed by atoms with Crippen molar-refractivity contribution in [3.05, 3.63) is 63.4 Å². The first kappa shape index (κ1) is 20.7. The lowest BCUT2D eigenvalue weighted by Crippen LogP contribution is -2.24. The van der Waals surface area contributed by atoms with Crippen LogP contribution in [-0.4, -0.2) is 36.1 Å². The number of benzene rings is 2. The van der Waals surface area contributed by atoms with E-state index in [1.165, 1.54) is 5.56 Å². The Kier molecular flexibility index (Phi) is 7.36. The van der Waals surface area contributed by atoms with Gasteiger partial charge in [0.1, 0.15) is 5.75 Å². The molecule has 0 spiro atoms. The molecule has 5 nitrogen and oxygen atoms in total. The SMILES string of the molecule is COCCCn1c(SCCc2ccc(OC)cc2)nc2cc(Cl)ccc2c1=O. The van der Waals surface area contributed by atoms with Crippen molar-refractivity contribution in [2.45, 2.75) is 24.5 Å². The summed E-state index contributed by atoms with van der Waals surface area (Å²) in [5, 5.41) is 1.87. The number of aryl methyl sites for hydroxylation is 1. The van der Waals surface area contributed by atoms with Gasteiger partial charge in [0.2, 0.25) is 0 Å². The third-order valence-corrected chi connectivity index (χ3v) is 5.61. The summed E-state index contributed by atoms with van der Waals surface area (Å²) in [7, 11) is 3.32. The maximum Gasteiger partial charge on any atom is 0.262 e. The average molecular weight is 419 g/mol. The van der Waals surface area contributed by atoms with Crippen LogP contribution in [0.1, 0.15) is 12.0 Å². The van der Waals surface area contributed by atoms with Gasteiger partial charge in [0, 0.05) is 31.0 Å². The van der Waals surface area contributed by atoms with Crippen molar-refractivity contribution in [2.75, 3.05) is 26.6 Å². The van der Waals surface area contributed by atoms with E-state index in [0.717, 1.165) is 24.3 Å². The van der Waals surface area contributed by atoms with E-state index >= 15 is 0 Å². The molecule has 0 aliphatic rings. The van der Waals surface area contributed by atoms with Crippen LogP contribution in [0.3, 0.4) is 0 Å². The number of hydrogen-bond acceptors (Lipinski definition) is 5. The second-order valence-corrected chi connectivity index (χ2v) is 7.80. The molecule has 0 aliphatic carbocycles. The highest BCUT2D eigenvalue weighted by Crippen LogP contribution is 2.22. The highest BCUT2D eigenvalue weighted by Gasteiger charge is 2.12. The van der Waals surface area contributed by atoms with Crippen LogP contribution in [0.2, 0.25) is 5.02 Å². The van der Waals surface area contributed by atoms with Crippen molar-refractivity contribution in [1.82, 2.24) is 9.55 Å². The van der Waals surface area contributed by atoms with Gasteiger partial charge in [-0.3, -0.25) is 9.36 Å². The molecule has 0 saturated heterocycles. The molecule has 1 aromatic heterocycles. The molecular weight excluding hydrogens is 396 g/mol. The number of nitrogens with zero attached hydrogens (tertiary/aromatic N) is 2. The molecule has 0 N–H and O–H groups in total. The lowest BCUT2D eigenvalue weighted by molar-refractivity contribution is 0.189. The summed E-state index contributed by atoms with van der Waals surface area (Å²) in [6.07, 6.45) is 1.62. The van der Waals surface area contributed by atoms with Gasteiger partial charge >= 0.3 is 0 Å². The second-order valence-electron chi connectivity index (χ2n) is 6.31. The number of ether oxygens (including phenoxy) is 2. The highest BCUT2D eigenvalue weighted by atomic mass is 35.5. The largest absolute Gasteiger partial charge is 0.497 e. The van der Waals surface area contributed by atoms with Crippen LogP contribution in [0.5, 0.6) is 5.75 Å². The fourth-order valence-corrected chi connectivity index (χ4v) is 4.08. The third-order valence-electron chi connectivity index (χ3n) is 4.39. The monoisotopic (exact) mass is 418 g/mol. The molecule has 0 saturated carbocycles. The van der Waals surface area contributed by atoms with E-state index in [0.29, 0.717) is 34.2 Å². The Morgan fingerprint density at radius 1 is 1.14 bits per heavy atom. The maximum absolute atomic E-state index is 13.0. The first-order chi connectivity index (χ1) is 13.6. The minimum absolute atomic E-state index is 0.0373. The van der Waals surface area contributed by atoms with E-state index in [9.17, 15) is 4.79 Å². The maximum atomic E-state index is 13.0. The molecular formula is C21H23ClN2O3S. The van der Waals surface area contributed by atoms with Crippen LogP contribution in [-0.2, 0) is 17.7 Å². The number of rotatable bonds is 9. The summed E-state index contributed by atoms with van der Waals surface area (Å²) in [5.41, 5.74) is 1.81. The molecule has 28 heavy (non-hydrogen) atoms. The number of halogens is 1. The Labute approximate surface area is 173 Å². The lowest BCUT2D eigenvalue weighted by Gasteiger charge is -2.13. The average Bonchev–Trinajstić information content (AvgIpc) is 2.70. The Bertz CT molecular complexity index is 989. The normalized spacial score (nSPS) is 11.1. The van der Waals surface area contributed by atoms with Gasteiger partial charge in [-0.2, -0.15) is 0 Å². The molecule has 0 radical (unpaired) electrons. The van der Waals surface area contributed by atoms with Gasteiger partial charge in [-0.15, -0.1) is 0 Å². The second kappa shape index (κ2) is 9.96. The topological polar surface area (TPSA) is 53.4 Å². The number of hydrogen-bond donors (Lipinski definition) is 0. The van der Waals surface area contributed by atoms with E-state index in [1.54, 1.807) is 48.7 Å². The van der Waals surface area contributed by atoms with Crippen LogP contribution < -0.4 is 10.3 Å². The molecule has 0 aliphatic heterocycles. The summed E-state index contributed by atoms with van der Waals surface area (Å²) in [6, 6.07) is 13.2. The van der Waals surface area contributed by atoms with Gasteiger partial charge in [-0.1, -0.05) is 35.5 Å². The fourth-order valence-electron chi connectivity index (χ4n) is 2.90. The molecule has 3 rings (SSSR count). The molecule has 148 valence electrons. The molecule has 1 heterocycles. The zero-order chi connectivity index (χ0) is 19.9. The number of thioether (sulfide) groups is 1. The molecule has 0 fully saturated rings. The van der Waals surface area contributed by atoms with Gasteiger partial charge in [-0.05, 0) is 48.7 Å². The van der Waals surface area contributed by atoms with Crippen molar-refractivity contribution in [3.63, 3.8) is 0 Å². The summed E-state index contributed by atoms with van der Waals surface area (Å²) in [5.74, 6) is 1.66. The third kappa shape index (κ3) is 5.07. The molecule has 2 aromatic carbocycles. The van der Waals surface area contributed by atoms with E-state index in [-0.39, 0.29) is 5.56 Å². The number of fused-ring (bicyclic) bond motifs is 1. The van der Waals surface area contributed by atoms with Gasteiger partial charge < -0.3 is 9.47 Å². The number of methoxy groups -OCH3 is 2. The smallest absolute Gasteiger partial charge is 0.262 e. The zero-order valence-corrected chi connectivity index (χ0v) is 17.6. The minimum atomic E-state index is -0.0373. The predicted molar refractivity (Wildman–Crippen MR) is 115 cm³/mol. The van der Waals surface area contributed by atoms with E-state index in [2.05, 4.69) is 12.1 Å². The Morgan fingerprint density at radius 2 is 1.93 bits per heavy atom. The van der Waals surface area contributed by atoms with Crippen LogP contribution in [0.25, 0.3) is 10.9 Å². The summed E-state index contributed by atoms with van der Waals surface area (Å²) in [4.78, 5) is 17.7. The van der Waals surface area contributed by atoms with Crippen molar-refractivity contribution < 1.29 is 9.47 Å². The standard InChI is InChI=1S/C21H23ClN2O3S/c1-26-12-3-11-24-20(25)18-9-6-16(22)14-19(18)23-21(24)28-13-10-15-4-7-17(27-2)8-5-15/h4-9,14H,3,10-13H2,1-2H3. The van der Waals surface area contributed by atoms with Gasteiger partial charge in [-0.25, -0.2) is 4.98 Å². The lowest BCUT2D eigenvalue weighted by atomic mass is 10.2. The Balaban J connectivity index is 1.82. The first-order valence-corrected chi connectivity index (χ1v) is 10.4. The molecule has 0 atom stereocenters. The first-order valence-electron chi connectivity index (χ1n) is 9.07. The summed E-state index contributed by atoms with van der Waals surface area (Å²) < 4.78 is 12.1. The minimum Gasteiger partial charge on any atom is -0.497 e. The summed E-state index contributed by atoms with van der Waals surface area (Å²) in [6.45, 7) is 1.17. The van der Waals surface area contributed by atoms with Crippen LogP contribution in [0.4, 0.5) is 0 Å². The van der Waals surface area contributed by atoms with E-state index in [1.807, 2.05) is 12.1 Å². The van der Waals surface area contributed by atoms with Gasteiger partial charge in [0.25, 0.3) is 5.56 Å². The van der Waals surface area contributed by atoms with E-state index in [4.69, 9.17) is 26.1 Å². The van der Waals surface area contributed by atoms with Crippen LogP contribution in [0, 0.1) is 0 Å². The Hall–Kier alpha value is -2.02. The quantitative estimate of drug-likeness (QED) is 0.292. The van der Waals surface area contributed by atoms with Crippen molar-refractivity contribution in [2.24, 2.45) is 0 Å². The number of aromatic nitrogens is 2. The predicted octanol–water partition coefficient (Wildman–Crippen LogP) is 4.43. The fraction of sp³-hybridized carbons (Fsp3) is 0.333. The Morgan fingerprint density at radius 3 is 2.64 bits per heavy atom. The zero-order valence-electron chi connectivity index (χ0n) is 16.0. The molecule has 0 unspecified atom stereocenters. The van der Waals surface area contributed by atoms with Crippen molar-refractivity contribution >= 4 is 34.3 Å². The van der Waals surface area contributed by atoms with Gasteiger partial charge in [0.05, 0.1) is 18.0 Å².